The van der Waals surface area contributed by atoms with E-state index in [9.17, 15) is 13.2 Å². The second-order valence-electron chi connectivity index (χ2n) is 4.77. The van der Waals surface area contributed by atoms with E-state index in [4.69, 9.17) is 0 Å². The first kappa shape index (κ1) is 16.0. The molecule has 0 amide bonds. The fourth-order valence-electron chi connectivity index (χ4n) is 2.33. The first-order valence-electron chi connectivity index (χ1n) is 6.73. The molecular weight excluding hydrogens is 297 g/mol. The second kappa shape index (κ2) is 7.04. The third kappa shape index (κ3) is 4.28. The predicted octanol–water partition coefficient (Wildman–Crippen LogP) is 4.45. The van der Waals surface area contributed by atoms with Gasteiger partial charge in [0.15, 0.2) is 0 Å². The summed E-state index contributed by atoms with van der Waals surface area (Å²) in [6, 6.07) is 4.73. The number of aryl methyl sites for hydroxylation is 1. The topological polar surface area (TPSA) is 24.9 Å². The van der Waals surface area contributed by atoms with Gasteiger partial charge in [-0.3, -0.25) is 4.98 Å². The van der Waals surface area contributed by atoms with Crippen LogP contribution in [0.4, 0.5) is 13.2 Å². The van der Waals surface area contributed by atoms with Crippen LogP contribution in [0.1, 0.15) is 34.9 Å². The maximum absolute atomic E-state index is 13.0. The number of alkyl halides is 3. The van der Waals surface area contributed by atoms with Crippen molar-refractivity contribution in [2.24, 2.45) is 0 Å². The van der Waals surface area contributed by atoms with Crippen LogP contribution in [-0.4, -0.2) is 12.0 Å². The largest absolute Gasteiger partial charge is 0.416 e. The van der Waals surface area contributed by atoms with Crippen LogP contribution in [0.3, 0.4) is 0 Å². The fraction of sp³-hybridized carbons (Fsp3) is 0.400. The summed E-state index contributed by atoms with van der Waals surface area (Å²) in [6.45, 7) is 0. The summed E-state index contributed by atoms with van der Waals surface area (Å²) in [5, 5.41) is 4.98. The van der Waals surface area contributed by atoms with Crippen LogP contribution in [0.15, 0.2) is 36.0 Å². The highest BCUT2D eigenvalue weighted by Crippen LogP contribution is 2.35. The molecule has 1 N–H and O–H groups in total. The standard InChI is InChI=1S/C15H17F3N2S/c1-19-14(6-2-4-11-5-3-9-21-11)12-10-20-8-7-13(12)15(16,17)18/h3,5,7-10,14,19H,2,4,6H2,1H3. The average Bonchev–Trinajstić information content (AvgIpc) is 2.96. The van der Waals surface area contributed by atoms with Crippen molar-refractivity contribution in [3.8, 4) is 0 Å². The summed E-state index contributed by atoms with van der Waals surface area (Å²) in [5.41, 5.74) is -0.383. The van der Waals surface area contributed by atoms with Crippen molar-refractivity contribution in [1.82, 2.24) is 10.3 Å². The summed E-state index contributed by atoms with van der Waals surface area (Å²) in [4.78, 5) is 5.10. The highest BCUT2D eigenvalue weighted by Gasteiger charge is 2.34. The molecule has 2 rings (SSSR count). The maximum Gasteiger partial charge on any atom is 0.416 e. The monoisotopic (exact) mass is 314 g/mol. The number of nitrogens with one attached hydrogen (secondary N) is 1. The number of aromatic nitrogens is 1. The molecule has 114 valence electrons. The van der Waals surface area contributed by atoms with Crippen LogP contribution in [0, 0.1) is 0 Å². The van der Waals surface area contributed by atoms with Gasteiger partial charge in [-0.2, -0.15) is 13.2 Å². The van der Waals surface area contributed by atoms with Crippen molar-refractivity contribution in [3.05, 3.63) is 52.0 Å². The lowest BCUT2D eigenvalue weighted by Crippen LogP contribution is -2.21. The van der Waals surface area contributed by atoms with Crippen LogP contribution < -0.4 is 5.32 Å². The molecule has 0 saturated heterocycles. The fourth-order valence-corrected chi connectivity index (χ4v) is 3.08. The molecule has 0 fully saturated rings. The Morgan fingerprint density at radius 3 is 2.76 bits per heavy atom. The van der Waals surface area contributed by atoms with Gasteiger partial charge in [0, 0.05) is 23.3 Å². The normalized spacial score (nSPS) is 13.3. The molecule has 0 aliphatic heterocycles. The number of pyridine rings is 1. The summed E-state index contributed by atoms with van der Waals surface area (Å²) < 4.78 is 39.1. The van der Waals surface area contributed by atoms with E-state index >= 15 is 0 Å². The molecule has 0 aliphatic rings. The summed E-state index contributed by atoms with van der Waals surface area (Å²) in [5.74, 6) is 0. The van der Waals surface area contributed by atoms with Crippen molar-refractivity contribution in [1.29, 1.82) is 0 Å². The number of nitrogens with zero attached hydrogens (tertiary/aromatic N) is 1. The van der Waals surface area contributed by atoms with Gasteiger partial charge in [-0.15, -0.1) is 11.3 Å². The molecule has 2 heterocycles. The minimum absolute atomic E-state index is 0.221. The molecule has 0 bridgehead atoms. The van der Waals surface area contributed by atoms with Gasteiger partial charge in [-0.1, -0.05) is 6.07 Å². The number of halogens is 3. The van der Waals surface area contributed by atoms with Gasteiger partial charge in [-0.25, -0.2) is 0 Å². The Morgan fingerprint density at radius 2 is 2.14 bits per heavy atom. The molecular formula is C15H17F3N2S. The molecule has 0 spiro atoms. The molecule has 0 saturated carbocycles. The van der Waals surface area contributed by atoms with Gasteiger partial charge in [0.25, 0.3) is 0 Å². The van der Waals surface area contributed by atoms with E-state index in [1.807, 2.05) is 17.5 Å². The minimum atomic E-state index is -4.35. The Kier molecular flexibility index (Phi) is 5.36. The molecule has 1 unspecified atom stereocenters. The van der Waals surface area contributed by atoms with Gasteiger partial charge in [-0.05, 0) is 49.4 Å². The van der Waals surface area contributed by atoms with E-state index in [0.717, 1.165) is 18.9 Å². The van der Waals surface area contributed by atoms with Crippen LogP contribution >= 0.6 is 11.3 Å². The highest BCUT2D eigenvalue weighted by atomic mass is 32.1. The molecule has 21 heavy (non-hydrogen) atoms. The Morgan fingerprint density at radius 1 is 1.33 bits per heavy atom. The highest BCUT2D eigenvalue weighted by molar-refractivity contribution is 7.09. The minimum Gasteiger partial charge on any atom is -0.313 e. The quantitative estimate of drug-likeness (QED) is 0.852. The van der Waals surface area contributed by atoms with Gasteiger partial charge >= 0.3 is 6.18 Å². The Labute approximate surface area is 126 Å². The maximum atomic E-state index is 13.0. The van der Waals surface area contributed by atoms with E-state index < -0.39 is 11.7 Å². The SMILES string of the molecule is CNC(CCCc1cccs1)c1cnccc1C(F)(F)F. The molecule has 2 nitrogen and oxygen atoms in total. The first-order chi connectivity index (χ1) is 10.0. The lowest BCUT2D eigenvalue weighted by Gasteiger charge is -2.20. The number of hydrogen-bond donors (Lipinski definition) is 1. The zero-order chi connectivity index (χ0) is 15.3. The van der Waals surface area contributed by atoms with E-state index in [2.05, 4.69) is 10.3 Å². The van der Waals surface area contributed by atoms with Crippen molar-refractivity contribution in [2.45, 2.75) is 31.5 Å². The molecule has 2 aromatic heterocycles. The lowest BCUT2D eigenvalue weighted by molar-refractivity contribution is -0.138. The molecule has 0 radical (unpaired) electrons. The van der Waals surface area contributed by atoms with Gasteiger partial charge in [0.2, 0.25) is 0 Å². The van der Waals surface area contributed by atoms with E-state index in [0.29, 0.717) is 6.42 Å². The Bertz CT molecular complexity index is 552. The number of hydrogen-bond acceptors (Lipinski definition) is 3. The molecule has 2 aromatic rings. The predicted molar refractivity (Wildman–Crippen MR) is 78.3 cm³/mol. The third-order valence-corrected chi connectivity index (χ3v) is 4.31. The number of thiophene rings is 1. The van der Waals surface area contributed by atoms with Gasteiger partial charge in [0.05, 0.1) is 5.56 Å². The van der Waals surface area contributed by atoms with Gasteiger partial charge in [0.1, 0.15) is 0 Å². The third-order valence-electron chi connectivity index (χ3n) is 3.38. The van der Waals surface area contributed by atoms with Gasteiger partial charge < -0.3 is 5.32 Å². The first-order valence-corrected chi connectivity index (χ1v) is 7.61. The molecule has 6 heteroatoms. The van der Waals surface area contributed by atoms with Crippen molar-refractivity contribution in [2.75, 3.05) is 7.05 Å². The molecule has 0 aliphatic carbocycles. The van der Waals surface area contributed by atoms with Crippen LogP contribution in [-0.2, 0) is 12.6 Å². The van der Waals surface area contributed by atoms with Crippen LogP contribution in [0.5, 0.6) is 0 Å². The van der Waals surface area contributed by atoms with Crippen molar-refractivity contribution in [3.63, 3.8) is 0 Å². The van der Waals surface area contributed by atoms with E-state index in [1.54, 1.807) is 18.4 Å². The van der Waals surface area contributed by atoms with Crippen LogP contribution in [0.2, 0.25) is 0 Å². The number of rotatable bonds is 6. The zero-order valence-electron chi connectivity index (χ0n) is 11.7. The average molecular weight is 314 g/mol. The lowest BCUT2D eigenvalue weighted by atomic mass is 9.97. The molecule has 0 aromatic carbocycles. The Balaban J connectivity index is 2.07. The van der Waals surface area contributed by atoms with Crippen molar-refractivity contribution < 1.29 is 13.2 Å². The second-order valence-corrected chi connectivity index (χ2v) is 5.81. The Hall–Kier alpha value is -1.40. The zero-order valence-corrected chi connectivity index (χ0v) is 12.5. The molecule has 1 atom stereocenters. The van der Waals surface area contributed by atoms with E-state index in [1.165, 1.54) is 17.3 Å². The van der Waals surface area contributed by atoms with Crippen LogP contribution in [0.25, 0.3) is 0 Å². The smallest absolute Gasteiger partial charge is 0.313 e. The summed E-state index contributed by atoms with van der Waals surface area (Å²) in [7, 11) is 1.68. The summed E-state index contributed by atoms with van der Waals surface area (Å²) in [6.07, 6.45) is 0.514. The van der Waals surface area contributed by atoms with Crippen molar-refractivity contribution >= 4 is 11.3 Å². The summed E-state index contributed by atoms with van der Waals surface area (Å²) >= 11 is 1.67. The van der Waals surface area contributed by atoms with E-state index in [-0.39, 0.29) is 11.6 Å².